The molecule has 0 aliphatic rings. The summed E-state index contributed by atoms with van der Waals surface area (Å²) in [5.41, 5.74) is 0. The second-order valence-electron chi connectivity index (χ2n) is 17.2. The van der Waals surface area contributed by atoms with E-state index in [1.165, 1.54) is 148 Å². The quantitative estimate of drug-likeness (QED) is 0.0246. The third-order valence-electron chi connectivity index (χ3n) is 11.4. The smallest absolute Gasteiger partial charge is 0.305 e. The molecule has 0 aromatic heterocycles. The molecule has 0 aliphatic carbocycles. The number of amides is 1. The van der Waals surface area contributed by atoms with Gasteiger partial charge >= 0.3 is 5.97 Å². The van der Waals surface area contributed by atoms with Gasteiger partial charge in [0.05, 0.1) is 25.4 Å². The lowest BCUT2D eigenvalue weighted by Gasteiger charge is -2.22. The molecule has 0 aliphatic heterocycles. The number of allylic oxidation sites excluding steroid dienone is 6. The lowest BCUT2D eigenvalue weighted by atomic mass is 10.0. The van der Waals surface area contributed by atoms with Crippen LogP contribution in [-0.4, -0.2) is 47.4 Å². The highest BCUT2D eigenvalue weighted by Gasteiger charge is 2.20. The maximum absolute atomic E-state index is 12.4. The topological polar surface area (TPSA) is 95.9 Å². The minimum Gasteiger partial charge on any atom is -0.466 e. The van der Waals surface area contributed by atoms with Gasteiger partial charge < -0.3 is 20.3 Å². The monoisotopic (exact) mass is 816 g/mol. The summed E-state index contributed by atoms with van der Waals surface area (Å²) in [6, 6.07) is -0.556. The molecule has 0 bridgehead atoms. The van der Waals surface area contributed by atoms with E-state index in [4.69, 9.17) is 4.74 Å². The number of nitrogens with one attached hydrogen (secondary N) is 1. The number of ether oxygens (including phenoxy) is 1. The number of carbonyl (C=O) groups excluding carboxylic acids is 2. The van der Waals surface area contributed by atoms with Crippen LogP contribution >= 0.6 is 0 Å². The fraction of sp³-hybridized carbons (Fsp3) is 0.846. The van der Waals surface area contributed by atoms with Gasteiger partial charge in [-0.2, -0.15) is 0 Å². The van der Waals surface area contributed by atoms with Gasteiger partial charge in [-0.05, 0) is 83.5 Å². The zero-order valence-electron chi connectivity index (χ0n) is 38.5. The second kappa shape index (κ2) is 47.8. The van der Waals surface area contributed by atoms with Crippen LogP contribution < -0.4 is 5.32 Å². The molecule has 2 unspecified atom stereocenters. The molecular weight excluding hydrogens is 719 g/mol. The Morgan fingerprint density at radius 3 is 1.33 bits per heavy atom. The van der Waals surface area contributed by atoms with E-state index in [9.17, 15) is 19.8 Å². The predicted molar refractivity (Wildman–Crippen MR) is 250 cm³/mol. The van der Waals surface area contributed by atoms with Gasteiger partial charge in [0.2, 0.25) is 5.91 Å². The van der Waals surface area contributed by atoms with Crippen LogP contribution in [-0.2, 0) is 14.3 Å². The van der Waals surface area contributed by atoms with Gasteiger partial charge in [0.25, 0.3) is 0 Å². The molecule has 0 saturated carbocycles. The molecular formula is C52H97NO5. The van der Waals surface area contributed by atoms with Crippen LogP contribution in [0.2, 0.25) is 0 Å². The van der Waals surface area contributed by atoms with Crippen LogP contribution in [0, 0.1) is 0 Å². The lowest BCUT2D eigenvalue weighted by Crippen LogP contribution is -2.45. The van der Waals surface area contributed by atoms with E-state index in [1.54, 1.807) is 0 Å². The highest BCUT2D eigenvalue weighted by Crippen LogP contribution is 2.15. The molecule has 0 saturated heterocycles. The van der Waals surface area contributed by atoms with Crippen LogP contribution in [0.25, 0.3) is 0 Å². The van der Waals surface area contributed by atoms with E-state index >= 15 is 0 Å². The van der Waals surface area contributed by atoms with Crippen molar-refractivity contribution >= 4 is 11.9 Å². The third-order valence-corrected chi connectivity index (χ3v) is 11.4. The molecule has 340 valence electrons. The fourth-order valence-corrected chi connectivity index (χ4v) is 7.51. The van der Waals surface area contributed by atoms with E-state index in [2.05, 4.69) is 55.6 Å². The van der Waals surface area contributed by atoms with Gasteiger partial charge in [-0.1, -0.05) is 198 Å². The molecule has 0 radical (unpaired) electrons. The van der Waals surface area contributed by atoms with Crippen LogP contribution in [0.5, 0.6) is 0 Å². The Bertz CT molecular complexity index is 946. The van der Waals surface area contributed by atoms with Gasteiger partial charge in [-0.3, -0.25) is 9.59 Å². The van der Waals surface area contributed by atoms with Crippen LogP contribution in [0.1, 0.15) is 258 Å². The summed E-state index contributed by atoms with van der Waals surface area (Å²) in [6.45, 7) is 4.86. The Balaban J connectivity index is 3.51. The van der Waals surface area contributed by atoms with Gasteiger partial charge in [-0.15, -0.1) is 0 Å². The highest BCUT2D eigenvalue weighted by molar-refractivity contribution is 5.76. The minimum absolute atomic E-state index is 0.0299. The summed E-state index contributed by atoms with van der Waals surface area (Å²) in [6.07, 6.45) is 56.9. The molecule has 0 spiro atoms. The molecule has 3 N–H and O–H groups in total. The maximum atomic E-state index is 12.4. The van der Waals surface area contributed by atoms with Gasteiger partial charge in [-0.25, -0.2) is 0 Å². The van der Waals surface area contributed by atoms with Crippen molar-refractivity contribution < 1.29 is 24.5 Å². The summed E-state index contributed by atoms with van der Waals surface area (Å²) in [4.78, 5) is 24.4. The first kappa shape index (κ1) is 56.1. The molecule has 6 heteroatoms. The molecule has 0 rings (SSSR count). The minimum atomic E-state index is -0.677. The van der Waals surface area contributed by atoms with E-state index in [0.717, 1.165) is 77.0 Å². The first-order valence-electron chi connectivity index (χ1n) is 25.3. The summed E-state index contributed by atoms with van der Waals surface area (Å²) in [7, 11) is 0. The normalized spacial score (nSPS) is 13.0. The van der Waals surface area contributed by atoms with Crippen LogP contribution in [0.3, 0.4) is 0 Å². The lowest BCUT2D eigenvalue weighted by molar-refractivity contribution is -0.143. The van der Waals surface area contributed by atoms with E-state index in [0.29, 0.717) is 25.9 Å². The highest BCUT2D eigenvalue weighted by atomic mass is 16.5. The maximum Gasteiger partial charge on any atom is 0.305 e. The van der Waals surface area contributed by atoms with Gasteiger partial charge in [0.15, 0.2) is 0 Å². The Kier molecular flexibility index (Phi) is 46.2. The zero-order valence-corrected chi connectivity index (χ0v) is 38.5. The number of aliphatic hydroxyl groups is 2. The van der Waals surface area contributed by atoms with Gasteiger partial charge in [0.1, 0.15) is 0 Å². The van der Waals surface area contributed by atoms with Crippen molar-refractivity contribution in [1.82, 2.24) is 5.32 Å². The third kappa shape index (κ3) is 43.7. The SMILES string of the molecule is CCCCCCCCC/C=C\CCCCCCCC(=O)OCCCCC/C=C\C=C/CCCCCCCCC(=O)NC(CO)C(O)CCCCCCCCCCCC. The van der Waals surface area contributed by atoms with Crippen molar-refractivity contribution in [3.05, 3.63) is 36.5 Å². The van der Waals surface area contributed by atoms with Crippen molar-refractivity contribution in [2.75, 3.05) is 13.2 Å². The zero-order chi connectivity index (χ0) is 42.3. The molecule has 0 heterocycles. The molecule has 0 aromatic rings. The van der Waals surface area contributed by atoms with Crippen molar-refractivity contribution in [2.45, 2.75) is 270 Å². The largest absolute Gasteiger partial charge is 0.466 e. The summed E-state index contributed by atoms with van der Waals surface area (Å²) < 4.78 is 5.44. The Morgan fingerprint density at radius 1 is 0.483 bits per heavy atom. The number of carbonyl (C=O) groups is 2. The second-order valence-corrected chi connectivity index (χ2v) is 17.2. The summed E-state index contributed by atoms with van der Waals surface area (Å²) in [5.74, 6) is -0.0904. The van der Waals surface area contributed by atoms with Crippen molar-refractivity contribution in [2.24, 2.45) is 0 Å². The fourth-order valence-electron chi connectivity index (χ4n) is 7.51. The standard InChI is InChI=1S/C52H97NO5/c1-3-5-7-9-11-13-15-16-17-20-23-26-30-34-38-42-46-52(57)58-47-43-39-35-31-27-24-21-18-19-22-25-29-33-37-41-45-51(56)53-49(48-54)50(55)44-40-36-32-28-14-12-10-8-6-4-2/h17-18,20-21,24,27,49-50,54-55H,3-16,19,22-23,25-26,28-48H2,1-2H3,(H,53,56)/b20-17-,21-18-,27-24-. The number of rotatable bonds is 46. The average Bonchev–Trinajstić information content (AvgIpc) is 3.22. The Labute approximate surface area is 360 Å². The molecule has 58 heavy (non-hydrogen) atoms. The number of aliphatic hydroxyl groups excluding tert-OH is 2. The molecule has 1 amide bonds. The predicted octanol–water partition coefficient (Wildman–Crippen LogP) is 14.9. The summed E-state index contributed by atoms with van der Waals surface area (Å²) >= 11 is 0. The molecule has 0 aromatic carbocycles. The summed E-state index contributed by atoms with van der Waals surface area (Å²) in [5, 5.41) is 23.1. The number of esters is 1. The first-order valence-corrected chi connectivity index (χ1v) is 25.3. The van der Waals surface area contributed by atoms with Crippen LogP contribution in [0.15, 0.2) is 36.5 Å². The van der Waals surface area contributed by atoms with E-state index in [1.807, 2.05) is 0 Å². The Morgan fingerprint density at radius 2 is 0.862 bits per heavy atom. The van der Waals surface area contributed by atoms with E-state index < -0.39 is 12.1 Å². The number of hydrogen-bond acceptors (Lipinski definition) is 5. The van der Waals surface area contributed by atoms with Crippen LogP contribution in [0.4, 0.5) is 0 Å². The van der Waals surface area contributed by atoms with Crippen molar-refractivity contribution in [3.8, 4) is 0 Å². The molecule has 0 fully saturated rings. The average molecular weight is 816 g/mol. The van der Waals surface area contributed by atoms with E-state index in [-0.39, 0.29) is 18.5 Å². The Hall–Kier alpha value is -1.92. The van der Waals surface area contributed by atoms with Gasteiger partial charge in [0, 0.05) is 12.8 Å². The molecule has 6 nitrogen and oxygen atoms in total. The number of unbranched alkanes of at least 4 members (excludes halogenated alkanes) is 30. The number of hydrogen-bond donors (Lipinski definition) is 3. The molecule has 2 atom stereocenters. The van der Waals surface area contributed by atoms with Crippen molar-refractivity contribution in [1.29, 1.82) is 0 Å². The van der Waals surface area contributed by atoms with Crippen molar-refractivity contribution in [3.63, 3.8) is 0 Å². The first-order chi connectivity index (χ1) is 28.5.